The maximum atomic E-state index is 4.75. The first-order valence-electron chi connectivity index (χ1n) is 10.2. The topological polar surface area (TPSA) is 55.8 Å². The normalized spacial score (nSPS) is 20.0. The molecule has 0 spiro atoms. The fourth-order valence-electron chi connectivity index (χ4n) is 3.77. The third kappa shape index (κ3) is 5.72. The van der Waals surface area contributed by atoms with Crippen molar-refractivity contribution in [2.24, 2.45) is 10.9 Å². The minimum Gasteiger partial charge on any atom is -0.363 e. The molecule has 2 unspecified atom stereocenters. The lowest BCUT2D eigenvalue weighted by Gasteiger charge is -2.22. The molecule has 1 fully saturated rings. The Bertz CT molecular complexity index is 835. The van der Waals surface area contributed by atoms with Crippen molar-refractivity contribution < 1.29 is 0 Å². The number of nitrogens with zero attached hydrogens (tertiary/aromatic N) is 4. The molecule has 2 heterocycles. The van der Waals surface area contributed by atoms with Crippen molar-refractivity contribution in [1.29, 1.82) is 0 Å². The molecule has 29 heavy (non-hydrogen) atoms. The van der Waals surface area contributed by atoms with E-state index in [1.165, 1.54) is 10.9 Å². The highest BCUT2D eigenvalue weighted by atomic mass is 127. The number of halogens is 1. The highest BCUT2D eigenvalue weighted by Crippen LogP contribution is 2.22. The Balaban J connectivity index is 0.00000300. The van der Waals surface area contributed by atoms with Crippen molar-refractivity contribution in [1.82, 2.24) is 20.5 Å². The van der Waals surface area contributed by atoms with E-state index in [2.05, 4.69) is 65.6 Å². The van der Waals surface area contributed by atoms with Crippen LogP contribution >= 0.6 is 24.0 Å². The number of aromatic nitrogens is 1. The molecule has 0 bridgehead atoms. The van der Waals surface area contributed by atoms with Gasteiger partial charge in [-0.05, 0) is 37.5 Å². The van der Waals surface area contributed by atoms with E-state index in [9.17, 15) is 0 Å². The van der Waals surface area contributed by atoms with Crippen LogP contribution in [0.15, 0.2) is 35.3 Å². The van der Waals surface area contributed by atoms with Crippen LogP contribution in [0.5, 0.6) is 0 Å². The zero-order valence-electron chi connectivity index (χ0n) is 18.4. The average Bonchev–Trinajstić information content (AvgIpc) is 3.05. The number of hydrogen-bond donors (Lipinski definition) is 2. The van der Waals surface area contributed by atoms with E-state index in [1.54, 1.807) is 0 Å². The second-order valence-electron chi connectivity index (χ2n) is 8.25. The van der Waals surface area contributed by atoms with Crippen molar-refractivity contribution in [3.8, 4) is 0 Å². The summed E-state index contributed by atoms with van der Waals surface area (Å²) in [5.74, 6) is 2.42. The summed E-state index contributed by atoms with van der Waals surface area (Å²) in [6, 6.07) is 11.5. The first kappa shape index (κ1) is 23.7. The Labute approximate surface area is 192 Å². The summed E-state index contributed by atoms with van der Waals surface area (Å²) in [6.07, 6.45) is 0. The molecule has 2 N–H and O–H groups in total. The van der Waals surface area contributed by atoms with Gasteiger partial charge in [0.05, 0.1) is 5.52 Å². The first-order chi connectivity index (χ1) is 13.4. The molecule has 7 heteroatoms. The monoisotopic (exact) mass is 510 g/mol. The van der Waals surface area contributed by atoms with Gasteiger partial charge in [-0.15, -0.1) is 24.0 Å². The number of para-hydroxylation sites is 1. The standard InChI is InChI=1S/C22H34N6.HI/c1-15(2)28-13-16(3)20(14-28)26-22(23-4)24-12-17-11-21(27(5)6)25-19-10-8-7-9-18(17)19;/h7-11,15-16,20H,12-14H2,1-6H3,(H2,23,24,26);1H. The quantitative estimate of drug-likeness (QED) is 0.368. The van der Waals surface area contributed by atoms with Crippen molar-refractivity contribution in [2.45, 2.75) is 39.4 Å². The van der Waals surface area contributed by atoms with Gasteiger partial charge >= 0.3 is 0 Å². The number of rotatable bonds is 5. The van der Waals surface area contributed by atoms with Crippen molar-refractivity contribution in [3.63, 3.8) is 0 Å². The summed E-state index contributed by atoms with van der Waals surface area (Å²) in [5, 5.41) is 8.31. The SMILES string of the molecule is CN=C(NCc1cc(N(C)C)nc2ccccc12)NC1CN(C(C)C)CC1C.I. The minimum absolute atomic E-state index is 0. The lowest BCUT2D eigenvalue weighted by molar-refractivity contribution is 0.265. The van der Waals surface area contributed by atoms with Crippen molar-refractivity contribution in [3.05, 3.63) is 35.9 Å². The molecule has 6 nitrogen and oxygen atoms in total. The lowest BCUT2D eigenvalue weighted by atomic mass is 10.1. The molecule has 1 aromatic carbocycles. The van der Waals surface area contributed by atoms with E-state index in [-0.39, 0.29) is 24.0 Å². The van der Waals surface area contributed by atoms with Gasteiger partial charge in [-0.25, -0.2) is 4.98 Å². The molecular formula is C22H35IN6. The Kier molecular flexibility index (Phi) is 8.51. The molecule has 160 valence electrons. The summed E-state index contributed by atoms with van der Waals surface area (Å²) in [7, 11) is 5.89. The Morgan fingerprint density at radius 2 is 2.00 bits per heavy atom. The second-order valence-corrected chi connectivity index (χ2v) is 8.25. The number of nitrogens with one attached hydrogen (secondary N) is 2. The van der Waals surface area contributed by atoms with E-state index in [1.807, 2.05) is 32.1 Å². The number of likely N-dealkylation sites (tertiary alicyclic amines) is 1. The summed E-state index contributed by atoms with van der Waals surface area (Å²) in [5.41, 5.74) is 2.24. The van der Waals surface area contributed by atoms with Gasteiger partial charge in [0.25, 0.3) is 0 Å². The van der Waals surface area contributed by atoms with Crippen LogP contribution in [0.3, 0.4) is 0 Å². The van der Waals surface area contributed by atoms with Crippen LogP contribution in [-0.2, 0) is 6.54 Å². The van der Waals surface area contributed by atoms with Gasteiger partial charge < -0.3 is 15.5 Å². The number of benzene rings is 1. The van der Waals surface area contributed by atoms with E-state index in [0.717, 1.165) is 30.4 Å². The minimum atomic E-state index is 0. The van der Waals surface area contributed by atoms with Gasteiger partial charge in [-0.3, -0.25) is 9.89 Å². The largest absolute Gasteiger partial charge is 0.363 e. The van der Waals surface area contributed by atoms with Gasteiger partial charge in [0.2, 0.25) is 0 Å². The summed E-state index contributed by atoms with van der Waals surface area (Å²) >= 11 is 0. The molecule has 0 aliphatic carbocycles. The molecule has 0 amide bonds. The number of pyridine rings is 1. The smallest absolute Gasteiger partial charge is 0.191 e. The first-order valence-corrected chi connectivity index (χ1v) is 10.2. The Hall–Kier alpha value is -1.61. The molecule has 3 rings (SSSR count). The predicted molar refractivity (Wildman–Crippen MR) is 134 cm³/mol. The number of hydrogen-bond acceptors (Lipinski definition) is 4. The number of fused-ring (bicyclic) bond motifs is 1. The Morgan fingerprint density at radius 3 is 2.62 bits per heavy atom. The van der Waals surface area contributed by atoms with Crippen LogP contribution in [0.4, 0.5) is 5.82 Å². The third-order valence-corrected chi connectivity index (χ3v) is 5.61. The highest BCUT2D eigenvalue weighted by molar-refractivity contribution is 14.0. The molecule has 1 aliphatic rings. The second kappa shape index (κ2) is 10.4. The molecule has 2 aromatic rings. The van der Waals surface area contributed by atoms with Gasteiger partial charge in [-0.2, -0.15) is 0 Å². The van der Waals surface area contributed by atoms with Crippen molar-refractivity contribution in [2.75, 3.05) is 39.1 Å². The zero-order chi connectivity index (χ0) is 20.3. The van der Waals surface area contributed by atoms with E-state index >= 15 is 0 Å². The Morgan fingerprint density at radius 1 is 1.28 bits per heavy atom. The van der Waals surface area contributed by atoms with Crippen molar-refractivity contribution >= 4 is 46.7 Å². The highest BCUT2D eigenvalue weighted by Gasteiger charge is 2.31. The number of guanidine groups is 1. The van der Waals surface area contributed by atoms with Crippen LogP contribution in [0.1, 0.15) is 26.3 Å². The third-order valence-electron chi connectivity index (χ3n) is 5.61. The molecule has 1 saturated heterocycles. The molecule has 0 saturated carbocycles. The maximum Gasteiger partial charge on any atom is 0.191 e. The summed E-state index contributed by atoms with van der Waals surface area (Å²) < 4.78 is 0. The number of anilines is 1. The van der Waals surface area contributed by atoms with Gasteiger partial charge in [0.15, 0.2) is 5.96 Å². The van der Waals surface area contributed by atoms with Crippen LogP contribution in [0.25, 0.3) is 10.9 Å². The fourth-order valence-corrected chi connectivity index (χ4v) is 3.77. The van der Waals surface area contributed by atoms with Gasteiger partial charge in [-0.1, -0.05) is 25.1 Å². The molecular weight excluding hydrogens is 475 g/mol. The lowest BCUT2D eigenvalue weighted by Crippen LogP contribution is -2.46. The summed E-state index contributed by atoms with van der Waals surface area (Å²) in [6.45, 7) is 9.74. The average molecular weight is 510 g/mol. The molecule has 1 aromatic heterocycles. The van der Waals surface area contributed by atoms with Crippen LogP contribution in [0, 0.1) is 5.92 Å². The maximum absolute atomic E-state index is 4.75. The van der Waals surface area contributed by atoms with E-state index in [0.29, 0.717) is 24.5 Å². The van der Waals surface area contributed by atoms with E-state index in [4.69, 9.17) is 4.98 Å². The zero-order valence-corrected chi connectivity index (χ0v) is 20.8. The van der Waals surface area contributed by atoms with Gasteiger partial charge in [0, 0.05) is 58.2 Å². The molecule has 2 atom stereocenters. The summed E-state index contributed by atoms with van der Waals surface area (Å²) in [4.78, 5) is 13.8. The molecule has 0 radical (unpaired) electrons. The molecule has 1 aliphatic heterocycles. The van der Waals surface area contributed by atoms with E-state index < -0.39 is 0 Å². The van der Waals surface area contributed by atoms with Crippen LogP contribution in [0.2, 0.25) is 0 Å². The predicted octanol–water partition coefficient (Wildman–Crippen LogP) is 3.31. The number of aliphatic imine (C=N–C) groups is 1. The fraction of sp³-hybridized carbons (Fsp3) is 0.545. The van der Waals surface area contributed by atoms with Crippen LogP contribution in [-0.4, -0.2) is 62.2 Å². The van der Waals surface area contributed by atoms with Gasteiger partial charge in [0.1, 0.15) is 5.82 Å². The van der Waals surface area contributed by atoms with Crippen LogP contribution < -0.4 is 15.5 Å².